The van der Waals surface area contributed by atoms with Crippen LogP contribution in [0.3, 0.4) is 0 Å². The van der Waals surface area contributed by atoms with Gasteiger partial charge in [0.05, 0.1) is 6.61 Å². The lowest BCUT2D eigenvalue weighted by Gasteiger charge is -2.07. The molecule has 13 heavy (non-hydrogen) atoms. The van der Waals surface area contributed by atoms with Gasteiger partial charge in [-0.05, 0) is 19.1 Å². The molecule has 0 spiro atoms. The predicted octanol–water partition coefficient (Wildman–Crippen LogP) is 1.49. The summed E-state index contributed by atoms with van der Waals surface area (Å²) < 4.78 is 5.00. The average Bonchev–Trinajstić information content (AvgIpc) is 2.08. The van der Waals surface area contributed by atoms with Gasteiger partial charge in [0, 0.05) is 0 Å². The van der Waals surface area contributed by atoms with E-state index in [0.717, 1.165) is 0 Å². The summed E-state index contributed by atoms with van der Waals surface area (Å²) in [4.78, 5) is 10.7. The summed E-state index contributed by atoms with van der Waals surface area (Å²) in [5, 5.41) is 18.0. The lowest BCUT2D eigenvalue weighted by molar-refractivity contribution is 0.0691. The molecule has 0 bridgehead atoms. The standard InChI is InChI=1S/C9H10O4/c1-2-13-8-6(9(11)12)4-3-5-7(8)10/h3-5,10H,2H2,1H3,(H,11,12). The molecule has 2 N–H and O–H groups in total. The number of carboxylic acid groups (broad SMARTS) is 1. The third-order valence-electron chi connectivity index (χ3n) is 1.51. The zero-order valence-electron chi connectivity index (χ0n) is 7.15. The second-order valence-corrected chi connectivity index (χ2v) is 2.39. The summed E-state index contributed by atoms with van der Waals surface area (Å²) >= 11 is 0. The number of aromatic carboxylic acids is 1. The summed E-state index contributed by atoms with van der Waals surface area (Å²) in [7, 11) is 0. The minimum atomic E-state index is -1.11. The smallest absolute Gasteiger partial charge is 0.339 e. The average molecular weight is 182 g/mol. The zero-order chi connectivity index (χ0) is 9.84. The Balaban J connectivity index is 3.17. The third kappa shape index (κ3) is 1.90. The molecule has 0 unspecified atom stereocenters. The molecule has 70 valence electrons. The highest BCUT2D eigenvalue weighted by Gasteiger charge is 2.13. The number of rotatable bonds is 3. The summed E-state index contributed by atoms with van der Waals surface area (Å²) in [6, 6.07) is 4.23. The monoisotopic (exact) mass is 182 g/mol. The lowest BCUT2D eigenvalue weighted by atomic mass is 10.2. The van der Waals surface area contributed by atoms with E-state index in [2.05, 4.69) is 0 Å². The SMILES string of the molecule is CCOc1c(O)cccc1C(=O)O. The number of phenolic OH excluding ortho intramolecular Hbond substituents is 1. The Kier molecular flexibility index (Phi) is 2.74. The first-order valence-corrected chi connectivity index (χ1v) is 3.85. The number of ether oxygens (including phenoxy) is 1. The molecule has 0 radical (unpaired) electrons. The molecule has 0 saturated heterocycles. The van der Waals surface area contributed by atoms with Crippen molar-refractivity contribution < 1.29 is 19.7 Å². The van der Waals surface area contributed by atoms with Crippen LogP contribution in [0.25, 0.3) is 0 Å². The van der Waals surface area contributed by atoms with Crippen molar-refractivity contribution in [3.8, 4) is 11.5 Å². The van der Waals surface area contributed by atoms with E-state index in [1.54, 1.807) is 6.92 Å². The first-order valence-electron chi connectivity index (χ1n) is 3.85. The number of carbonyl (C=O) groups is 1. The van der Waals surface area contributed by atoms with Crippen molar-refractivity contribution in [3.63, 3.8) is 0 Å². The summed E-state index contributed by atoms with van der Waals surface area (Å²) in [5.41, 5.74) is -0.0261. The molecule has 4 heteroatoms. The van der Waals surface area contributed by atoms with Crippen LogP contribution >= 0.6 is 0 Å². The number of para-hydroxylation sites is 1. The Morgan fingerprint density at radius 2 is 2.23 bits per heavy atom. The number of hydrogen-bond donors (Lipinski definition) is 2. The third-order valence-corrected chi connectivity index (χ3v) is 1.51. The molecule has 4 nitrogen and oxygen atoms in total. The molecule has 0 aromatic heterocycles. The van der Waals surface area contributed by atoms with Gasteiger partial charge in [-0.25, -0.2) is 4.79 Å². The molecule has 0 fully saturated rings. The van der Waals surface area contributed by atoms with Crippen molar-refractivity contribution >= 4 is 5.97 Å². The van der Waals surface area contributed by atoms with Gasteiger partial charge in [0.25, 0.3) is 0 Å². The van der Waals surface area contributed by atoms with E-state index in [1.807, 2.05) is 0 Å². The van der Waals surface area contributed by atoms with Gasteiger partial charge in [-0.3, -0.25) is 0 Å². The quantitative estimate of drug-likeness (QED) is 0.743. The summed E-state index contributed by atoms with van der Waals surface area (Å²) in [5.74, 6) is -1.24. The van der Waals surface area contributed by atoms with Gasteiger partial charge in [0.15, 0.2) is 11.5 Å². The van der Waals surface area contributed by atoms with E-state index in [-0.39, 0.29) is 17.1 Å². The van der Waals surface area contributed by atoms with E-state index in [1.165, 1.54) is 18.2 Å². The van der Waals surface area contributed by atoms with Crippen molar-refractivity contribution in [1.82, 2.24) is 0 Å². The molecule has 0 amide bonds. The molecule has 1 rings (SSSR count). The molecule has 1 aromatic rings. The zero-order valence-corrected chi connectivity index (χ0v) is 7.15. The van der Waals surface area contributed by atoms with Gasteiger partial charge in [-0.1, -0.05) is 6.07 Å². The van der Waals surface area contributed by atoms with E-state index in [4.69, 9.17) is 9.84 Å². The molecular weight excluding hydrogens is 172 g/mol. The Bertz CT molecular complexity index is 319. The van der Waals surface area contributed by atoms with Crippen LogP contribution < -0.4 is 4.74 Å². The van der Waals surface area contributed by atoms with Gasteiger partial charge in [-0.2, -0.15) is 0 Å². The second-order valence-electron chi connectivity index (χ2n) is 2.39. The van der Waals surface area contributed by atoms with Gasteiger partial charge in [0.1, 0.15) is 5.56 Å². The molecule has 0 aliphatic rings. The normalized spacial score (nSPS) is 9.62. The largest absolute Gasteiger partial charge is 0.504 e. The van der Waals surface area contributed by atoms with E-state index in [0.29, 0.717) is 6.61 Å². The van der Waals surface area contributed by atoms with Crippen LogP contribution in [0.5, 0.6) is 11.5 Å². The topological polar surface area (TPSA) is 66.8 Å². The molecular formula is C9H10O4. The second kappa shape index (κ2) is 3.80. The Labute approximate surface area is 75.4 Å². The number of carboxylic acids is 1. The van der Waals surface area contributed by atoms with Crippen LogP contribution in [0.1, 0.15) is 17.3 Å². The van der Waals surface area contributed by atoms with Crippen molar-refractivity contribution in [2.45, 2.75) is 6.92 Å². The fourth-order valence-corrected chi connectivity index (χ4v) is 0.989. The van der Waals surface area contributed by atoms with Gasteiger partial charge < -0.3 is 14.9 Å². The maximum atomic E-state index is 10.7. The molecule has 1 aromatic carbocycles. The maximum absolute atomic E-state index is 10.7. The minimum absolute atomic E-state index is 0.0255. The number of hydrogen-bond acceptors (Lipinski definition) is 3. The highest BCUT2D eigenvalue weighted by molar-refractivity contribution is 5.91. The van der Waals surface area contributed by atoms with Crippen LogP contribution in [-0.2, 0) is 0 Å². The summed E-state index contributed by atoms with van der Waals surface area (Å²) in [6.07, 6.45) is 0. The Morgan fingerprint density at radius 1 is 1.54 bits per heavy atom. The van der Waals surface area contributed by atoms with Crippen LogP contribution in [0.4, 0.5) is 0 Å². The van der Waals surface area contributed by atoms with Crippen molar-refractivity contribution in [3.05, 3.63) is 23.8 Å². The van der Waals surface area contributed by atoms with E-state index >= 15 is 0 Å². The van der Waals surface area contributed by atoms with Crippen LogP contribution in [0, 0.1) is 0 Å². The van der Waals surface area contributed by atoms with Crippen LogP contribution in [-0.4, -0.2) is 22.8 Å². The van der Waals surface area contributed by atoms with Crippen molar-refractivity contribution in [2.75, 3.05) is 6.61 Å². The number of benzene rings is 1. The van der Waals surface area contributed by atoms with E-state index < -0.39 is 5.97 Å². The van der Waals surface area contributed by atoms with Crippen molar-refractivity contribution in [2.24, 2.45) is 0 Å². The number of phenols is 1. The Morgan fingerprint density at radius 3 is 2.77 bits per heavy atom. The lowest BCUT2D eigenvalue weighted by Crippen LogP contribution is -2.02. The van der Waals surface area contributed by atoms with Crippen molar-refractivity contribution in [1.29, 1.82) is 0 Å². The molecule has 0 saturated carbocycles. The first-order chi connectivity index (χ1) is 6.16. The van der Waals surface area contributed by atoms with Gasteiger partial charge in [-0.15, -0.1) is 0 Å². The number of aromatic hydroxyl groups is 1. The minimum Gasteiger partial charge on any atom is -0.504 e. The molecule has 0 aliphatic heterocycles. The molecule has 0 heterocycles. The fraction of sp³-hybridized carbons (Fsp3) is 0.222. The maximum Gasteiger partial charge on any atom is 0.339 e. The molecule has 0 aliphatic carbocycles. The fourth-order valence-electron chi connectivity index (χ4n) is 0.989. The van der Waals surface area contributed by atoms with Gasteiger partial charge >= 0.3 is 5.97 Å². The Hall–Kier alpha value is -1.71. The van der Waals surface area contributed by atoms with Gasteiger partial charge in [0.2, 0.25) is 0 Å². The first kappa shape index (κ1) is 9.38. The van der Waals surface area contributed by atoms with E-state index in [9.17, 15) is 9.90 Å². The molecule has 0 atom stereocenters. The highest BCUT2D eigenvalue weighted by Crippen LogP contribution is 2.29. The van der Waals surface area contributed by atoms with Crippen LogP contribution in [0.2, 0.25) is 0 Å². The predicted molar refractivity (Wildman–Crippen MR) is 46.2 cm³/mol. The highest BCUT2D eigenvalue weighted by atomic mass is 16.5. The van der Waals surface area contributed by atoms with Crippen LogP contribution in [0.15, 0.2) is 18.2 Å². The summed E-state index contributed by atoms with van der Waals surface area (Å²) in [6.45, 7) is 2.04.